The van der Waals surface area contributed by atoms with Gasteiger partial charge in [-0.05, 0) is 32.0 Å². The number of carboxylic acids is 1. The first-order valence-corrected chi connectivity index (χ1v) is 11.7. The zero-order valence-electron chi connectivity index (χ0n) is 20.1. The normalized spacial score (nSPS) is 21.0. The number of carboxylic acid groups (broad SMARTS) is 1. The van der Waals surface area contributed by atoms with Crippen molar-refractivity contribution >= 4 is 11.9 Å². The summed E-state index contributed by atoms with van der Waals surface area (Å²) in [4.78, 5) is 28.3. The fourth-order valence-electron chi connectivity index (χ4n) is 4.22. The van der Waals surface area contributed by atoms with E-state index in [9.17, 15) is 19.8 Å². The summed E-state index contributed by atoms with van der Waals surface area (Å²) in [5.74, 6) is -0.993. The largest absolute Gasteiger partial charge is 0.478 e. The molecule has 0 radical (unpaired) electrons. The number of aromatic nitrogens is 3. The van der Waals surface area contributed by atoms with Crippen molar-refractivity contribution in [1.29, 1.82) is 0 Å². The number of nitrogens with zero attached hydrogens (tertiary/aromatic N) is 5. The van der Waals surface area contributed by atoms with E-state index in [1.54, 1.807) is 21.7 Å². The molecule has 1 aromatic heterocycles. The molecule has 0 aliphatic carbocycles. The van der Waals surface area contributed by atoms with E-state index in [-0.39, 0.29) is 42.7 Å². The first kappa shape index (κ1) is 25.8. The van der Waals surface area contributed by atoms with Gasteiger partial charge in [-0.1, -0.05) is 30.3 Å². The van der Waals surface area contributed by atoms with Crippen LogP contribution in [0.3, 0.4) is 0 Å². The zero-order chi connectivity index (χ0) is 24.7. The van der Waals surface area contributed by atoms with Gasteiger partial charge in [-0.25, -0.2) is 4.79 Å². The topological polar surface area (TPSA) is 121 Å². The van der Waals surface area contributed by atoms with Crippen LogP contribution in [0.15, 0.2) is 30.5 Å². The van der Waals surface area contributed by atoms with E-state index in [4.69, 9.17) is 4.74 Å². The molecule has 3 atom stereocenters. The van der Waals surface area contributed by atoms with Gasteiger partial charge in [0.15, 0.2) is 0 Å². The second-order valence-corrected chi connectivity index (χ2v) is 9.14. The summed E-state index contributed by atoms with van der Waals surface area (Å²) in [5, 5.41) is 27.5. The van der Waals surface area contributed by atoms with Gasteiger partial charge < -0.3 is 19.8 Å². The Morgan fingerprint density at radius 1 is 1.35 bits per heavy atom. The van der Waals surface area contributed by atoms with Gasteiger partial charge in [-0.2, -0.15) is 0 Å². The van der Waals surface area contributed by atoms with Gasteiger partial charge in [0.05, 0.1) is 37.1 Å². The number of hydrogen-bond acceptors (Lipinski definition) is 7. The van der Waals surface area contributed by atoms with E-state index in [0.717, 1.165) is 11.3 Å². The van der Waals surface area contributed by atoms with Gasteiger partial charge >= 0.3 is 5.97 Å². The number of fused-ring (bicyclic) bond motifs is 2. The maximum Gasteiger partial charge on any atom is 0.336 e. The second-order valence-electron chi connectivity index (χ2n) is 9.14. The van der Waals surface area contributed by atoms with Gasteiger partial charge in [0.2, 0.25) is 5.91 Å². The molecule has 0 saturated carbocycles. The van der Waals surface area contributed by atoms with Crippen molar-refractivity contribution < 1.29 is 24.5 Å². The Labute approximate surface area is 200 Å². The Hall–Kier alpha value is -2.82. The Bertz CT molecular complexity index is 965. The van der Waals surface area contributed by atoms with E-state index in [1.165, 1.54) is 0 Å². The molecule has 2 N–H and O–H groups in total. The van der Waals surface area contributed by atoms with E-state index in [1.807, 2.05) is 44.1 Å². The summed E-state index contributed by atoms with van der Waals surface area (Å²) < 4.78 is 7.99. The number of aliphatic hydroxyl groups excluding tert-OH is 1. The molecular weight excluding hydrogens is 438 g/mol. The van der Waals surface area contributed by atoms with Crippen LogP contribution in [0.25, 0.3) is 0 Å². The maximum atomic E-state index is 13.0. The average Bonchev–Trinajstić information content (AvgIpc) is 3.26. The number of hydrogen-bond donors (Lipinski definition) is 2. The van der Waals surface area contributed by atoms with E-state index < -0.39 is 5.97 Å². The van der Waals surface area contributed by atoms with Crippen LogP contribution in [-0.4, -0.2) is 85.8 Å². The minimum absolute atomic E-state index is 0.00419. The van der Waals surface area contributed by atoms with Crippen molar-refractivity contribution in [2.45, 2.75) is 58.5 Å². The molecule has 10 nitrogen and oxygen atoms in total. The van der Waals surface area contributed by atoms with Gasteiger partial charge in [0, 0.05) is 38.5 Å². The van der Waals surface area contributed by atoms with Crippen molar-refractivity contribution in [2.24, 2.45) is 5.92 Å². The molecule has 0 spiro atoms. The van der Waals surface area contributed by atoms with Gasteiger partial charge in [-0.3, -0.25) is 14.4 Å². The molecule has 2 bridgehead atoms. The van der Waals surface area contributed by atoms with Crippen LogP contribution in [0.2, 0.25) is 0 Å². The summed E-state index contributed by atoms with van der Waals surface area (Å²) in [6.45, 7) is 6.07. The predicted molar refractivity (Wildman–Crippen MR) is 125 cm³/mol. The molecule has 1 amide bonds. The summed E-state index contributed by atoms with van der Waals surface area (Å²) in [6, 6.07) is 6.67. The number of carbonyl (C=O) groups excluding carboxylic acids is 1. The highest BCUT2D eigenvalue weighted by molar-refractivity contribution is 5.89. The summed E-state index contributed by atoms with van der Waals surface area (Å²) in [5.41, 5.74) is 1.73. The fraction of sp³-hybridized carbons (Fsp3) is 0.583. The van der Waals surface area contributed by atoms with Crippen molar-refractivity contribution in [1.82, 2.24) is 24.8 Å². The van der Waals surface area contributed by atoms with Crippen LogP contribution >= 0.6 is 0 Å². The Kier molecular flexibility index (Phi) is 9.14. The smallest absolute Gasteiger partial charge is 0.336 e. The molecule has 1 aromatic carbocycles. The van der Waals surface area contributed by atoms with E-state index in [2.05, 4.69) is 10.3 Å². The molecule has 3 rings (SSSR count). The van der Waals surface area contributed by atoms with Crippen molar-refractivity contribution in [3.05, 3.63) is 47.3 Å². The second kappa shape index (κ2) is 12.0. The Morgan fingerprint density at radius 3 is 2.85 bits per heavy atom. The number of benzene rings is 1. The first-order valence-electron chi connectivity index (χ1n) is 11.7. The van der Waals surface area contributed by atoms with Gasteiger partial charge in [0.25, 0.3) is 0 Å². The quantitative estimate of drug-likeness (QED) is 0.623. The summed E-state index contributed by atoms with van der Waals surface area (Å²) >= 11 is 0. The third-order valence-electron chi connectivity index (χ3n) is 6.22. The Balaban J connectivity index is 1.79. The lowest BCUT2D eigenvalue weighted by Crippen LogP contribution is -2.47. The number of aryl methyl sites for hydroxylation is 1. The van der Waals surface area contributed by atoms with Crippen molar-refractivity contribution in [3.63, 3.8) is 0 Å². The van der Waals surface area contributed by atoms with E-state index in [0.29, 0.717) is 39.0 Å². The third kappa shape index (κ3) is 6.85. The predicted octanol–water partition coefficient (Wildman–Crippen LogP) is 1.63. The molecule has 0 fully saturated rings. The highest BCUT2D eigenvalue weighted by atomic mass is 16.5. The summed E-state index contributed by atoms with van der Waals surface area (Å²) in [7, 11) is 1.92. The lowest BCUT2D eigenvalue weighted by Gasteiger charge is -2.35. The molecule has 186 valence electrons. The van der Waals surface area contributed by atoms with Gasteiger partial charge in [-0.15, -0.1) is 5.10 Å². The lowest BCUT2D eigenvalue weighted by molar-refractivity contribution is -0.136. The standard InChI is InChI=1S/C24H35N5O5/c1-17-11-29(18(2)15-30)23(31)9-6-10-28-13-20(25-26-28)16-34-22(17)14-27(3)12-19-7-4-5-8-21(19)24(32)33/h4-5,7-8,13,17-18,22,30H,6,9-12,14-16H2,1-3H3,(H,32,33)/t17-,18-,22+/m0/s1. The van der Waals surface area contributed by atoms with Crippen LogP contribution in [0, 0.1) is 5.92 Å². The Morgan fingerprint density at radius 2 is 2.12 bits per heavy atom. The first-order chi connectivity index (χ1) is 16.3. The van der Waals surface area contributed by atoms with Crippen LogP contribution in [0.5, 0.6) is 0 Å². The molecule has 0 unspecified atom stereocenters. The lowest BCUT2D eigenvalue weighted by atomic mass is 10.0. The van der Waals surface area contributed by atoms with Gasteiger partial charge in [0.1, 0.15) is 5.69 Å². The number of amides is 1. The minimum atomic E-state index is -0.953. The SMILES string of the molecule is C[C@H]1CN([C@@H](C)CO)C(=O)CCCn2cc(nn2)CO[C@@H]1CN(C)Cc1ccccc1C(=O)O. The van der Waals surface area contributed by atoms with Crippen molar-refractivity contribution in [2.75, 3.05) is 26.7 Å². The molecular formula is C24H35N5O5. The minimum Gasteiger partial charge on any atom is -0.478 e. The number of ether oxygens (including phenoxy) is 1. The van der Waals surface area contributed by atoms with Crippen LogP contribution in [0.4, 0.5) is 0 Å². The fourth-order valence-corrected chi connectivity index (χ4v) is 4.22. The molecule has 2 heterocycles. The highest BCUT2D eigenvalue weighted by Crippen LogP contribution is 2.19. The number of rotatable bonds is 7. The maximum absolute atomic E-state index is 13.0. The molecule has 10 heteroatoms. The number of likely N-dealkylation sites (N-methyl/N-ethyl adjacent to an activating group) is 1. The van der Waals surface area contributed by atoms with Crippen LogP contribution in [0.1, 0.15) is 48.3 Å². The average molecular weight is 474 g/mol. The number of aromatic carboxylic acids is 1. The molecule has 0 saturated heterocycles. The van der Waals surface area contributed by atoms with Crippen molar-refractivity contribution in [3.8, 4) is 0 Å². The summed E-state index contributed by atoms with van der Waals surface area (Å²) in [6.07, 6.45) is 2.59. The third-order valence-corrected chi connectivity index (χ3v) is 6.22. The monoisotopic (exact) mass is 473 g/mol. The van der Waals surface area contributed by atoms with E-state index >= 15 is 0 Å². The number of aliphatic hydroxyl groups is 1. The van der Waals surface area contributed by atoms with Crippen LogP contribution < -0.4 is 0 Å². The molecule has 1 aliphatic rings. The highest BCUT2D eigenvalue weighted by Gasteiger charge is 2.28. The zero-order valence-corrected chi connectivity index (χ0v) is 20.1. The number of carbonyl (C=O) groups is 2. The van der Waals surface area contributed by atoms with Crippen LogP contribution in [-0.2, 0) is 29.2 Å². The molecule has 1 aliphatic heterocycles. The molecule has 2 aromatic rings. The molecule has 34 heavy (non-hydrogen) atoms.